The molecule has 1 aromatic rings. The fraction of sp³-hybridized carbons (Fsp3) is 0.591. The van der Waals surface area contributed by atoms with Crippen molar-refractivity contribution in [1.29, 1.82) is 0 Å². The Hall–Kier alpha value is -1.61. The van der Waals surface area contributed by atoms with E-state index in [0.29, 0.717) is 5.91 Å². The van der Waals surface area contributed by atoms with E-state index in [1.165, 1.54) is 29.7 Å². The van der Waals surface area contributed by atoms with Gasteiger partial charge in [-0.1, -0.05) is 36.6 Å². The Morgan fingerprint density at radius 2 is 2.00 bits per heavy atom. The zero-order valence-corrected chi connectivity index (χ0v) is 15.5. The molecule has 0 unspecified atom stereocenters. The van der Waals surface area contributed by atoms with Crippen LogP contribution in [0.25, 0.3) is 0 Å². The zero-order valence-electron chi connectivity index (χ0n) is 15.5. The number of piperidine rings is 1. The summed E-state index contributed by atoms with van der Waals surface area (Å²) >= 11 is 0. The van der Waals surface area contributed by atoms with E-state index < -0.39 is 0 Å². The molecule has 1 aromatic carbocycles. The third kappa shape index (κ3) is 2.93. The van der Waals surface area contributed by atoms with Gasteiger partial charge in [-0.15, -0.1) is 6.58 Å². The number of aryl methyl sites for hydroxylation is 1. The molecule has 1 saturated heterocycles. The molecule has 0 aromatic heterocycles. The van der Waals surface area contributed by atoms with Crippen LogP contribution < -0.4 is 4.90 Å². The van der Waals surface area contributed by atoms with Gasteiger partial charge in [0, 0.05) is 30.1 Å². The molecule has 3 aliphatic rings. The molecular formula is C22H30N2O. The van der Waals surface area contributed by atoms with Crippen LogP contribution in [-0.4, -0.2) is 37.0 Å². The molecule has 25 heavy (non-hydrogen) atoms. The lowest BCUT2D eigenvalue weighted by atomic mass is 9.74. The van der Waals surface area contributed by atoms with E-state index in [1.807, 2.05) is 6.08 Å². The van der Waals surface area contributed by atoms with Gasteiger partial charge in [0.05, 0.1) is 0 Å². The van der Waals surface area contributed by atoms with Crippen LogP contribution in [0.15, 0.2) is 30.9 Å². The average molecular weight is 338 g/mol. The predicted molar refractivity (Wildman–Crippen MR) is 103 cm³/mol. The lowest BCUT2D eigenvalue weighted by Crippen LogP contribution is -2.46. The Morgan fingerprint density at radius 3 is 2.68 bits per heavy atom. The van der Waals surface area contributed by atoms with Gasteiger partial charge in [0.15, 0.2) is 0 Å². The van der Waals surface area contributed by atoms with Crippen LogP contribution in [0.2, 0.25) is 0 Å². The van der Waals surface area contributed by atoms with Crippen molar-refractivity contribution >= 4 is 11.6 Å². The monoisotopic (exact) mass is 338 g/mol. The smallest absolute Gasteiger partial charge is 0.230 e. The van der Waals surface area contributed by atoms with Crippen LogP contribution in [0.1, 0.15) is 49.7 Å². The number of anilines is 1. The molecule has 0 radical (unpaired) electrons. The van der Waals surface area contributed by atoms with Crippen molar-refractivity contribution in [1.82, 2.24) is 4.90 Å². The summed E-state index contributed by atoms with van der Waals surface area (Å²) in [7, 11) is 0. The minimum Gasteiger partial charge on any atom is -0.311 e. The molecule has 0 bridgehead atoms. The molecule has 2 fully saturated rings. The highest BCUT2D eigenvalue weighted by Crippen LogP contribution is 2.48. The third-order valence-electron chi connectivity index (χ3n) is 6.65. The number of fused-ring (bicyclic) bond motifs is 2. The Kier molecular flexibility index (Phi) is 4.45. The Labute approximate surface area is 151 Å². The Balaban J connectivity index is 1.63. The number of benzene rings is 1. The van der Waals surface area contributed by atoms with E-state index in [-0.39, 0.29) is 11.3 Å². The van der Waals surface area contributed by atoms with Crippen LogP contribution in [0.5, 0.6) is 0 Å². The minimum atomic E-state index is 0.160. The SMILES string of the molecule is C=CCN1CCC2(CC1)CN(C(=O)C1CCCC1)c1ccc(C)cc12. The highest BCUT2D eigenvalue weighted by Gasteiger charge is 2.47. The van der Waals surface area contributed by atoms with E-state index in [4.69, 9.17) is 0 Å². The highest BCUT2D eigenvalue weighted by molar-refractivity contribution is 5.98. The minimum absolute atomic E-state index is 0.160. The molecular weight excluding hydrogens is 308 g/mol. The predicted octanol–water partition coefficient (Wildman–Crippen LogP) is 4.05. The van der Waals surface area contributed by atoms with Crippen molar-refractivity contribution in [3.8, 4) is 0 Å². The molecule has 4 rings (SSSR count). The van der Waals surface area contributed by atoms with Crippen LogP contribution in [-0.2, 0) is 10.2 Å². The highest BCUT2D eigenvalue weighted by atomic mass is 16.2. The average Bonchev–Trinajstić information content (AvgIpc) is 3.25. The summed E-state index contributed by atoms with van der Waals surface area (Å²) < 4.78 is 0. The second kappa shape index (κ2) is 6.60. The van der Waals surface area contributed by atoms with Gasteiger partial charge in [-0.05, 0) is 57.3 Å². The number of hydrogen-bond donors (Lipinski definition) is 0. The van der Waals surface area contributed by atoms with Crippen molar-refractivity contribution in [3.63, 3.8) is 0 Å². The number of rotatable bonds is 3. The van der Waals surface area contributed by atoms with Gasteiger partial charge in [-0.2, -0.15) is 0 Å². The maximum absolute atomic E-state index is 13.2. The van der Waals surface area contributed by atoms with Crippen LogP contribution >= 0.6 is 0 Å². The van der Waals surface area contributed by atoms with Gasteiger partial charge in [0.1, 0.15) is 0 Å². The number of hydrogen-bond acceptors (Lipinski definition) is 2. The van der Waals surface area contributed by atoms with E-state index in [9.17, 15) is 4.79 Å². The lowest BCUT2D eigenvalue weighted by Gasteiger charge is -2.39. The molecule has 2 heterocycles. The van der Waals surface area contributed by atoms with Gasteiger partial charge in [0.2, 0.25) is 5.91 Å². The first-order valence-electron chi connectivity index (χ1n) is 9.89. The number of nitrogens with zero attached hydrogens (tertiary/aromatic N) is 2. The summed E-state index contributed by atoms with van der Waals surface area (Å²) in [6.07, 6.45) is 8.88. The van der Waals surface area contributed by atoms with Crippen LogP contribution in [0.3, 0.4) is 0 Å². The zero-order chi connectivity index (χ0) is 17.4. The van der Waals surface area contributed by atoms with E-state index in [2.05, 4.69) is 41.5 Å². The maximum atomic E-state index is 13.2. The normalized spacial score (nSPS) is 23.2. The number of amides is 1. The van der Waals surface area contributed by atoms with Gasteiger partial charge in [0.25, 0.3) is 0 Å². The Bertz CT molecular complexity index is 667. The summed E-state index contributed by atoms with van der Waals surface area (Å²) in [6.45, 7) is 10.1. The van der Waals surface area contributed by atoms with E-state index in [0.717, 1.165) is 51.9 Å². The van der Waals surface area contributed by atoms with E-state index >= 15 is 0 Å². The van der Waals surface area contributed by atoms with Gasteiger partial charge in [-0.3, -0.25) is 9.69 Å². The molecule has 3 nitrogen and oxygen atoms in total. The van der Waals surface area contributed by atoms with Crippen molar-refractivity contribution in [2.24, 2.45) is 5.92 Å². The van der Waals surface area contributed by atoms with Crippen molar-refractivity contribution in [2.75, 3.05) is 31.1 Å². The standard InChI is InChI=1S/C22H30N2O/c1-3-12-23-13-10-22(11-14-23)16-24(21(25)18-6-4-5-7-18)20-9-8-17(2)15-19(20)22/h3,8-9,15,18H,1,4-7,10-14,16H2,2H3. The lowest BCUT2D eigenvalue weighted by molar-refractivity contribution is -0.122. The van der Waals surface area contributed by atoms with E-state index in [1.54, 1.807) is 0 Å². The summed E-state index contributed by atoms with van der Waals surface area (Å²) in [4.78, 5) is 17.8. The second-order valence-electron chi connectivity index (χ2n) is 8.30. The first-order chi connectivity index (χ1) is 12.1. The molecule has 1 amide bonds. The maximum Gasteiger partial charge on any atom is 0.230 e. The van der Waals surface area contributed by atoms with Gasteiger partial charge in [-0.25, -0.2) is 0 Å². The first-order valence-corrected chi connectivity index (χ1v) is 9.89. The fourth-order valence-electron chi connectivity index (χ4n) is 5.15. The first kappa shape index (κ1) is 16.8. The molecule has 1 aliphatic carbocycles. The van der Waals surface area contributed by atoms with Crippen molar-refractivity contribution < 1.29 is 4.79 Å². The molecule has 134 valence electrons. The van der Waals surface area contributed by atoms with Crippen LogP contribution in [0, 0.1) is 12.8 Å². The summed E-state index contributed by atoms with van der Waals surface area (Å²) in [5.41, 5.74) is 4.09. The molecule has 3 heteroatoms. The number of likely N-dealkylation sites (tertiary alicyclic amines) is 1. The van der Waals surface area contributed by atoms with Crippen molar-refractivity contribution in [2.45, 2.75) is 50.9 Å². The molecule has 2 aliphatic heterocycles. The summed E-state index contributed by atoms with van der Waals surface area (Å²) in [6, 6.07) is 6.71. The number of carbonyl (C=O) groups is 1. The van der Waals surface area contributed by atoms with Gasteiger partial charge < -0.3 is 4.90 Å². The second-order valence-corrected chi connectivity index (χ2v) is 8.30. The topological polar surface area (TPSA) is 23.6 Å². The van der Waals surface area contributed by atoms with Crippen molar-refractivity contribution in [3.05, 3.63) is 42.0 Å². The Morgan fingerprint density at radius 1 is 1.28 bits per heavy atom. The molecule has 1 saturated carbocycles. The summed E-state index contributed by atoms with van der Waals surface area (Å²) in [5, 5.41) is 0. The summed E-state index contributed by atoms with van der Waals surface area (Å²) in [5.74, 6) is 0.637. The largest absolute Gasteiger partial charge is 0.311 e. The molecule has 0 N–H and O–H groups in total. The quantitative estimate of drug-likeness (QED) is 0.776. The van der Waals surface area contributed by atoms with Gasteiger partial charge >= 0.3 is 0 Å². The fourth-order valence-corrected chi connectivity index (χ4v) is 5.15. The molecule has 0 atom stereocenters. The third-order valence-corrected chi connectivity index (χ3v) is 6.65. The van der Waals surface area contributed by atoms with Crippen LogP contribution in [0.4, 0.5) is 5.69 Å². The number of carbonyl (C=O) groups excluding carboxylic acids is 1. The molecule has 1 spiro atoms.